The van der Waals surface area contributed by atoms with Crippen molar-refractivity contribution in [2.75, 3.05) is 14.2 Å². The monoisotopic (exact) mass is 352 g/mol. The molecular weight excluding hydrogens is 312 g/mol. The van der Waals surface area contributed by atoms with Crippen LogP contribution in [0.25, 0.3) is 0 Å². The lowest BCUT2D eigenvalue weighted by atomic mass is 9.58. The summed E-state index contributed by atoms with van der Waals surface area (Å²) >= 11 is 0. The lowest BCUT2D eigenvalue weighted by Gasteiger charge is -2.46. The quantitative estimate of drug-likeness (QED) is 0.450. The van der Waals surface area contributed by atoms with Crippen LogP contribution in [0.5, 0.6) is 0 Å². The molecule has 3 nitrogen and oxygen atoms in total. The van der Waals surface area contributed by atoms with Crippen LogP contribution in [0.1, 0.15) is 75.7 Å². The van der Waals surface area contributed by atoms with Gasteiger partial charge in [0.25, 0.3) is 0 Å². The Morgan fingerprint density at radius 1 is 0.920 bits per heavy atom. The molecule has 146 valence electrons. The zero-order chi connectivity index (χ0) is 20.3. The molecular formula is C22H40O3. The Morgan fingerprint density at radius 2 is 1.36 bits per heavy atom. The molecule has 0 aliphatic heterocycles. The zero-order valence-corrected chi connectivity index (χ0v) is 18.6. The van der Waals surface area contributed by atoms with Crippen molar-refractivity contribution in [3.63, 3.8) is 0 Å². The Bertz CT molecular complexity index is 513. The van der Waals surface area contributed by atoms with E-state index in [2.05, 4.69) is 90.9 Å². The number of allylic oxidation sites excluding steroid dienone is 4. The maximum absolute atomic E-state index is 9.74. The molecule has 1 unspecified atom stereocenters. The van der Waals surface area contributed by atoms with Gasteiger partial charge in [-0.05, 0) is 33.7 Å². The van der Waals surface area contributed by atoms with Gasteiger partial charge in [-0.3, -0.25) is 0 Å². The second-order valence-electron chi connectivity index (χ2n) is 10.3. The molecule has 0 heterocycles. The van der Waals surface area contributed by atoms with E-state index in [1.807, 2.05) is 0 Å². The highest BCUT2D eigenvalue weighted by molar-refractivity contribution is 5.59. The van der Waals surface area contributed by atoms with Crippen molar-refractivity contribution in [1.29, 1.82) is 0 Å². The van der Waals surface area contributed by atoms with Crippen LogP contribution in [0.3, 0.4) is 0 Å². The maximum atomic E-state index is 9.74. The number of hydrogen-bond acceptors (Lipinski definition) is 3. The van der Waals surface area contributed by atoms with Gasteiger partial charge in [0, 0.05) is 0 Å². The Balaban J connectivity index is 0.000000823. The zero-order valence-electron chi connectivity index (χ0n) is 18.6. The summed E-state index contributed by atoms with van der Waals surface area (Å²) in [6, 6.07) is 0. The van der Waals surface area contributed by atoms with Crippen molar-refractivity contribution >= 4 is 6.16 Å². The van der Waals surface area contributed by atoms with Crippen molar-refractivity contribution in [1.82, 2.24) is 0 Å². The molecule has 3 heteroatoms. The minimum absolute atomic E-state index is 0.226. The van der Waals surface area contributed by atoms with Crippen molar-refractivity contribution in [2.24, 2.45) is 21.7 Å². The van der Waals surface area contributed by atoms with Crippen LogP contribution in [0.4, 0.5) is 4.79 Å². The van der Waals surface area contributed by atoms with Gasteiger partial charge in [-0.15, -0.1) is 0 Å². The van der Waals surface area contributed by atoms with Crippen LogP contribution in [0, 0.1) is 21.7 Å². The number of rotatable bonds is 0. The van der Waals surface area contributed by atoms with Crippen molar-refractivity contribution < 1.29 is 14.3 Å². The standard InChI is InChI=1S/C19H34.C3H6O3/c1-16(2,3)14-11-15(17(4,5)6)13-19(10,12-14)18(7,8)9;1-5-3(4)6-2/h11-12H,13H2,1-10H3;1-2H3. The summed E-state index contributed by atoms with van der Waals surface area (Å²) in [7, 11) is 2.51. The summed E-state index contributed by atoms with van der Waals surface area (Å²) in [5.74, 6) is 0. The van der Waals surface area contributed by atoms with Crippen LogP contribution in [0.15, 0.2) is 23.3 Å². The summed E-state index contributed by atoms with van der Waals surface area (Å²) in [6.45, 7) is 23.5. The maximum Gasteiger partial charge on any atom is 0.507 e. The third-order valence-electron chi connectivity index (χ3n) is 5.24. The topological polar surface area (TPSA) is 35.5 Å². The molecule has 0 radical (unpaired) electrons. The van der Waals surface area contributed by atoms with E-state index >= 15 is 0 Å². The summed E-state index contributed by atoms with van der Waals surface area (Å²) in [5.41, 5.74) is 4.11. The fourth-order valence-corrected chi connectivity index (χ4v) is 2.55. The first kappa shape index (κ1) is 23.8. The molecule has 1 aliphatic carbocycles. The van der Waals surface area contributed by atoms with E-state index in [1.165, 1.54) is 26.2 Å². The molecule has 0 saturated carbocycles. The molecule has 0 bridgehead atoms. The highest BCUT2D eigenvalue weighted by Crippen LogP contribution is 2.52. The summed E-state index contributed by atoms with van der Waals surface area (Å²) in [4.78, 5) is 9.74. The number of carbonyl (C=O) groups is 1. The van der Waals surface area contributed by atoms with Crippen LogP contribution >= 0.6 is 0 Å². The van der Waals surface area contributed by atoms with Crippen LogP contribution in [-0.2, 0) is 9.47 Å². The Labute approximate surface area is 155 Å². The fourth-order valence-electron chi connectivity index (χ4n) is 2.55. The molecule has 25 heavy (non-hydrogen) atoms. The number of hydrogen-bond donors (Lipinski definition) is 0. The predicted molar refractivity (Wildman–Crippen MR) is 107 cm³/mol. The van der Waals surface area contributed by atoms with Crippen LogP contribution in [0.2, 0.25) is 0 Å². The summed E-state index contributed by atoms with van der Waals surface area (Å²) in [5, 5.41) is 0. The molecule has 0 saturated heterocycles. The average Bonchev–Trinajstić information content (AvgIpc) is 2.43. The Morgan fingerprint density at radius 3 is 1.60 bits per heavy atom. The highest BCUT2D eigenvalue weighted by atomic mass is 16.7. The number of methoxy groups -OCH3 is 2. The molecule has 0 N–H and O–H groups in total. The van der Waals surface area contributed by atoms with E-state index in [-0.39, 0.29) is 21.7 Å². The van der Waals surface area contributed by atoms with E-state index < -0.39 is 6.16 Å². The van der Waals surface area contributed by atoms with E-state index in [4.69, 9.17) is 0 Å². The Kier molecular flexibility index (Phi) is 7.57. The van der Waals surface area contributed by atoms with Crippen molar-refractivity contribution in [3.05, 3.63) is 23.3 Å². The second kappa shape index (κ2) is 7.97. The van der Waals surface area contributed by atoms with Gasteiger partial charge in [0.05, 0.1) is 14.2 Å². The molecule has 0 amide bonds. The second-order valence-corrected chi connectivity index (χ2v) is 10.3. The first-order valence-electron chi connectivity index (χ1n) is 9.04. The minimum atomic E-state index is -0.657. The van der Waals surface area contributed by atoms with E-state index in [9.17, 15) is 4.79 Å². The highest BCUT2D eigenvalue weighted by Gasteiger charge is 2.41. The molecule has 0 aromatic carbocycles. The van der Waals surface area contributed by atoms with Gasteiger partial charge in [0.2, 0.25) is 0 Å². The van der Waals surface area contributed by atoms with Gasteiger partial charge in [0.1, 0.15) is 0 Å². The molecule has 1 rings (SSSR count). The molecule has 1 atom stereocenters. The minimum Gasteiger partial charge on any atom is -0.438 e. The van der Waals surface area contributed by atoms with Gasteiger partial charge in [0.15, 0.2) is 0 Å². The van der Waals surface area contributed by atoms with Gasteiger partial charge < -0.3 is 9.47 Å². The van der Waals surface area contributed by atoms with Gasteiger partial charge in [-0.25, -0.2) is 4.79 Å². The molecule has 1 aliphatic rings. The van der Waals surface area contributed by atoms with Gasteiger partial charge in [-0.1, -0.05) is 87.0 Å². The van der Waals surface area contributed by atoms with E-state index in [0.29, 0.717) is 0 Å². The molecule has 0 spiro atoms. The van der Waals surface area contributed by atoms with Crippen LogP contribution in [-0.4, -0.2) is 20.4 Å². The molecule has 0 aromatic heterocycles. The Hall–Kier alpha value is -1.25. The lowest BCUT2D eigenvalue weighted by molar-refractivity contribution is 0.0924. The largest absolute Gasteiger partial charge is 0.507 e. The molecule has 0 aromatic rings. The van der Waals surface area contributed by atoms with E-state index in [1.54, 1.807) is 5.57 Å². The van der Waals surface area contributed by atoms with Crippen molar-refractivity contribution in [3.8, 4) is 0 Å². The van der Waals surface area contributed by atoms with E-state index in [0.717, 1.165) is 0 Å². The third kappa shape index (κ3) is 6.87. The SMILES string of the molecule is CC(C)(C)C1=CC(C)(C(C)(C)C)CC(C(C)(C)C)=C1.COC(=O)OC. The number of carbonyl (C=O) groups excluding carboxylic acids is 1. The fraction of sp³-hybridized carbons (Fsp3) is 0.773. The lowest BCUT2D eigenvalue weighted by Crippen LogP contribution is -2.36. The summed E-state index contributed by atoms with van der Waals surface area (Å²) < 4.78 is 8.08. The van der Waals surface area contributed by atoms with Crippen molar-refractivity contribution in [2.45, 2.75) is 75.7 Å². The first-order chi connectivity index (χ1) is 11.0. The average molecular weight is 353 g/mol. The van der Waals surface area contributed by atoms with Crippen LogP contribution < -0.4 is 0 Å². The normalized spacial score (nSPS) is 21.4. The smallest absolute Gasteiger partial charge is 0.438 e. The molecule has 0 fully saturated rings. The van der Waals surface area contributed by atoms with Gasteiger partial charge in [-0.2, -0.15) is 0 Å². The predicted octanol–water partition coefficient (Wildman–Crippen LogP) is 6.79. The third-order valence-corrected chi connectivity index (χ3v) is 5.24. The van der Waals surface area contributed by atoms with Gasteiger partial charge >= 0.3 is 6.16 Å². The first-order valence-corrected chi connectivity index (χ1v) is 9.04. The summed E-state index contributed by atoms with van der Waals surface area (Å²) in [6.07, 6.45) is 5.53. The number of ether oxygens (including phenoxy) is 2.